The quantitative estimate of drug-likeness (QED) is 0.630. The first-order chi connectivity index (χ1) is 13.3. The average molecular weight is 518 g/mol. The average Bonchev–Trinajstić information content (AvgIpc) is 3.24. The van der Waals surface area contributed by atoms with Crippen LogP contribution in [0.1, 0.15) is 23.2 Å². The van der Waals surface area contributed by atoms with Crippen LogP contribution in [0.4, 0.5) is 8.78 Å². The molecule has 10 heteroatoms. The number of hydrogen-bond acceptors (Lipinski definition) is 6. The Morgan fingerprint density at radius 1 is 0.786 bits per heavy atom. The van der Waals surface area contributed by atoms with E-state index in [4.69, 9.17) is 20.9 Å². The molecule has 2 heterocycles. The number of halogens is 4. The van der Waals surface area contributed by atoms with Crippen LogP contribution in [0.25, 0.3) is 0 Å². The van der Waals surface area contributed by atoms with Gasteiger partial charge in [0.2, 0.25) is 0 Å². The van der Waals surface area contributed by atoms with Gasteiger partial charge >= 0.3 is 0 Å². The van der Waals surface area contributed by atoms with E-state index >= 15 is 0 Å². The Kier molecular flexibility index (Phi) is 6.50. The first-order valence-electron chi connectivity index (χ1n) is 8.15. The molecule has 2 aromatic rings. The molecule has 0 fully saturated rings. The van der Waals surface area contributed by atoms with Crippen molar-refractivity contribution < 1.29 is 18.3 Å². The van der Waals surface area contributed by atoms with Gasteiger partial charge in [-0.05, 0) is 24.3 Å². The van der Waals surface area contributed by atoms with E-state index in [1.807, 2.05) is 0 Å². The molecule has 0 bridgehead atoms. The second kappa shape index (κ2) is 8.87. The van der Waals surface area contributed by atoms with Crippen LogP contribution in [0.2, 0.25) is 0 Å². The molecule has 2 aromatic carbocycles. The summed E-state index contributed by atoms with van der Waals surface area (Å²) in [5, 5.41) is 0. The predicted octanol–water partition coefficient (Wildman–Crippen LogP) is 3.95. The van der Waals surface area contributed by atoms with Gasteiger partial charge in [-0.25, -0.2) is 18.8 Å². The van der Waals surface area contributed by atoms with Crippen LogP contribution < -0.4 is 11.5 Å². The molecule has 0 saturated heterocycles. The Balaban J connectivity index is 0.000000161. The summed E-state index contributed by atoms with van der Waals surface area (Å²) in [6.07, 6.45) is 0. The number of nitrogens with zero attached hydrogens (tertiary/aromatic N) is 2. The molecule has 4 N–H and O–H groups in total. The van der Waals surface area contributed by atoms with E-state index in [0.717, 1.165) is 0 Å². The highest BCUT2D eigenvalue weighted by atomic mass is 79.9. The Hall–Kier alpha value is -2.20. The fourth-order valence-electron chi connectivity index (χ4n) is 2.65. The second-order valence-corrected chi connectivity index (χ2v) is 7.75. The maximum atomic E-state index is 13.4. The van der Waals surface area contributed by atoms with Gasteiger partial charge in [0.15, 0.2) is 0 Å². The summed E-state index contributed by atoms with van der Waals surface area (Å²) in [5.74, 6) is -0.599. The maximum absolute atomic E-state index is 13.4. The van der Waals surface area contributed by atoms with Crippen LogP contribution in [-0.4, -0.2) is 25.3 Å². The van der Waals surface area contributed by atoms with E-state index in [0.29, 0.717) is 33.3 Å². The maximum Gasteiger partial charge on any atom is 0.282 e. The Labute approximate surface area is 176 Å². The van der Waals surface area contributed by atoms with Gasteiger partial charge in [-0.2, -0.15) is 0 Å². The zero-order chi connectivity index (χ0) is 20.3. The molecule has 0 radical (unpaired) electrons. The van der Waals surface area contributed by atoms with Crippen molar-refractivity contribution in [3.63, 3.8) is 0 Å². The zero-order valence-electron chi connectivity index (χ0n) is 14.4. The highest BCUT2D eigenvalue weighted by Gasteiger charge is 2.22. The second-order valence-electron chi connectivity index (χ2n) is 5.92. The molecule has 0 amide bonds. The van der Waals surface area contributed by atoms with E-state index in [-0.39, 0.29) is 35.8 Å². The Bertz CT molecular complexity index is 864. The van der Waals surface area contributed by atoms with Crippen molar-refractivity contribution in [2.24, 2.45) is 21.5 Å². The van der Waals surface area contributed by atoms with E-state index in [1.165, 1.54) is 12.1 Å². The molecule has 0 unspecified atom stereocenters. The third-order valence-corrected chi connectivity index (χ3v) is 4.97. The summed E-state index contributed by atoms with van der Waals surface area (Å²) in [4.78, 5) is 7.93. The van der Waals surface area contributed by atoms with Crippen LogP contribution in [-0.2, 0) is 9.47 Å². The highest BCUT2D eigenvalue weighted by Crippen LogP contribution is 2.27. The zero-order valence-corrected chi connectivity index (χ0v) is 17.6. The molecule has 2 atom stereocenters. The van der Waals surface area contributed by atoms with Gasteiger partial charge in [-0.15, -0.1) is 0 Å². The molecular weight excluding hydrogens is 502 g/mol. The monoisotopic (exact) mass is 516 g/mol. The largest absolute Gasteiger partial charge is 0.463 e. The first-order valence-corrected chi connectivity index (χ1v) is 9.74. The van der Waals surface area contributed by atoms with Gasteiger partial charge in [-0.3, -0.25) is 0 Å². The number of ether oxygens (including phenoxy) is 2. The van der Waals surface area contributed by atoms with Crippen molar-refractivity contribution in [1.82, 2.24) is 0 Å². The summed E-state index contributed by atoms with van der Waals surface area (Å²) >= 11 is 6.37. The number of hydrogen-bond donors (Lipinski definition) is 2. The van der Waals surface area contributed by atoms with Gasteiger partial charge in [0.1, 0.15) is 36.9 Å². The summed E-state index contributed by atoms with van der Waals surface area (Å²) in [5.41, 5.74) is 11.7. The van der Waals surface area contributed by atoms with Gasteiger partial charge in [0, 0.05) is 20.1 Å². The van der Waals surface area contributed by atoms with Crippen molar-refractivity contribution in [2.75, 3.05) is 13.2 Å². The fraction of sp³-hybridized carbons (Fsp3) is 0.222. The number of amidine groups is 2. The lowest BCUT2D eigenvalue weighted by molar-refractivity contribution is 0.312. The summed E-state index contributed by atoms with van der Waals surface area (Å²) in [6, 6.07) is 9.30. The van der Waals surface area contributed by atoms with Crippen molar-refractivity contribution in [3.05, 3.63) is 68.1 Å². The molecule has 6 nitrogen and oxygen atoms in total. The van der Waals surface area contributed by atoms with Gasteiger partial charge < -0.3 is 20.9 Å². The molecule has 2 aliphatic rings. The molecular formula is C18H16Br2F2N4O2. The van der Waals surface area contributed by atoms with Gasteiger partial charge in [0.25, 0.3) is 12.0 Å². The topological polar surface area (TPSA) is 95.2 Å². The molecule has 0 spiro atoms. The van der Waals surface area contributed by atoms with Crippen molar-refractivity contribution in [2.45, 2.75) is 12.1 Å². The van der Waals surface area contributed by atoms with Crippen LogP contribution in [0, 0.1) is 11.6 Å². The Morgan fingerprint density at radius 3 is 1.46 bits per heavy atom. The van der Waals surface area contributed by atoms with E-state index in [9.17, 15) is 8.78 Å². The standard InChI is InChI=1S/2C9H8BrFN2O/c2*10-5-1-2-6(7(11)3-5)8-4-14-9(12)13-8/h2*1-3,8H,4H2,(H2,12,13)/t2*8-/m10/s1. The van der Waals surface area contributed by atoms with Crippen LogP contribution in [0.15, 0.2) is 55.3 Å². The molecule has 28 heavy (non-hydrogen) atoms. The normalized spacial score (nSPS) is 20.4. The van der Waals surface area contributed by atoms with E-state index < -0.39 is 0 Å². The lowest BCUT2D eigenvalue weighted by Crippen LogP contribution is -2.10. The number of rotatable bonds is 2. The summed E-state index contributed by atoms with van der Waals surface area (Å²) in [7, 11) is 0. The minimum Gasteiger partial charge on any atom is -0.463 e. The van der Waals surface area contributed by atoms with Crippen molar-refractivity contribution >= 4 is 43.9 Å². The number of nitrogens with two attached hydrogens (primary N) is 2. The summed E-state index contributed by atoms with van der Waals surface area (Å²) < 4.78 is 38.2. The molecule has 148 valence electrons. The number of aliphatic imine (C=N–C) groups is 2. The number of benzene rings is 2. The lowest BCUT2D eigenvalue weighted by Gasteiger charge is -2.06. The van der Waals surface area contributed by atoms with Gasteiger partial charge in [0.05, 0.1) is 0 Å². The van der Waals surface area contributed by atoms with Crippen LogP contribution in [0.3, 0.4) is 0 Å². The highest BCUT2D eigenvalue weighted by molar-refractivity contribution is 9.10. The molecule has 0 saturated carbocycles. The minimum atomic E-state index is -0.317. The van der Waals surface area contributed by atoms with Crippen molar-refractivity contribution in [3.8, 4) is 0 Å². The third-order valence-electron chi connectivity index (χ3n) is 3.99. The molecule has 0 aromatic heterocycles. The predicted molar refractivity (Wildman–Crippen MR) is 109 cm³/mol. The first kappa shape index (κ1) is 20.5. The molecule has 4 rings (SSSR count). The SMILES string of the molecule is NC1=N[C@@H](c2ccc(Br)cc2F)CO1.NC1=N[C@H](c2ccc(Br)cc2F)CO1. The molecule has 0 aliphatic carbocycles. The Morgan fingerprint density at radius 2 is 1.18 bits per heavy atom. The van der Waals surface area contributed by atoms with E-state index in [1.54, 1.807) is 24.3 Å². The van der Waals surface area contributed by atoms with E-state index in [2.05, 4.69) is 41.8 Å². The lowest BCUT2D eigenvalue weighted by atomic mass is 10.1. The van der Waals surface area contributed by atoms with Crippen LogP contribution in [0.5, 0.6) is 0 Å². The third kappa shape index (κ3) is 4.99. The molecule has 2 aliphatic heterocycles. The van der Waals surface area contributed by atoms with Crippen LogP contribution >= 0.6 is 31.9 Å². The minimum absolute atomic E-state index is 0.123. The van der Waals surface area contributed by atoms with Gasteiger partial charge in [-0.1, -0.05) is 44.0 Å². The fourth-order valence-corrected chi connectivity index (χ4v) is 3.31. The summed E-state index contributed by atoms with van der Waals surface area (Å²) in [6.45, 7) is 0.620. The smallest absolute Gasteiger partial charge is 0.282 e. The van der Waals surface area contributed by atoms with Crippen molar-refractivity contribution in [1.29, 1.82) is 0 Å².